The molecule has 0 N–H and O–H groups in total. The molecule has 0 spiro atoms. The Labute approximate surface area is 128 Å². The summed E-state index contributed by atoms with van der Waals surface area (Å²) in [5.74, 6) is -0.710. The van der Waals surface area contributed by atoms with Gasteiger partial charge in [0.2, 0.25) is 0 Å². The third-order valence-corrected chi connectivity index (χ3v) is 3.94. The Bertz CT molecular complexity index is 553. The first kappa shape index (κ1) is 16.5. The first-order chi connectivity index (χ1) is 10.3. The van der Waals surface area contributed by atoms with E-state index in [1.165, 1.54) is 9.80 Å². The van der Waals surface area contributed by atoms with Crippen LogP contribution in [-0.2, 0) is 10.9 Å². The van der Waals surface area contributed by atoms with Crippen molar-refractivity contribution in [1.29, 1.82) is 0 Å². The molecule has 1 aliphatic heterocycles. The minimum absolute atomic E-state index is 0.160. The summed E-state index contributed by atoms with van der Waals surface area (Å²) in [6.07, 6.45) is -5.14. The lowest BCUT2D eigenvalue weighted by atomic mass is 10.2. The zero-order valence-electron chi connectivity index (χ0n) is 11.7. The van der Waals surface area contributed by atoms with Crippen LogP contribution in [0.3, 0.4) is 0 Å². The summed E-state index contributed by atoms with van der Waals surface area (Å²) < 4.78 is 43.1. The van der Waals surface area contributed by atoms with Gasteiger partial charge in [0.25, 0.3) is 5.91 Å². The van der Waals surface area contributed by atoms with E-state index < -0.39 is 28.7 Å². The Balaban J connectivity index is 2.02. The van der Waals surface area contributed by atoms with Gasteiger partial charge in [-0.15, -0.1) is 11.3 Å². The quantitative estimate of drug-likeness (QED) is 0.829. The fourth-order valence-electron chi connectivity index (χ4n) is 2.05. The van der Waals surface area contributed by atoms with Gasteiger partial charge in [-0.25, -0.2) is 9.78 Å². The molecule has 10 heteroatoms. The van der Waals surface area contributed by atoms with E-state index in [0.717, 1.165) is 5.51 Å². The van der Waals surface area contributed by atoms with Crippen LogP contribution in [0.2, 0.25) is 0 Å². The third-order valence-electron chi connectivity index (χ3n) is 3.12. The SMILES string of the molecule is CCOC(=O)N1CCN(C(=O)c2scnc2C(F)(F)F)CC1. The smallest absolute Gasteiger partial charge is 0.434 e. The summed E-state index contributed by atoms with van der Waals surface area (Å²) in [6, 6.07) is 0. The van der Waals surface area contributed by atoms with Gasteiger partial charge in [-0.2, -0.15) is 13.2 Å². The van der Waals surface area contributed by atoms with Gasteiger partial charge in [0.05, 0.1) is 12.1 Å². The first-order valence-electron chi connectivity index (χ1n) is 6.56. The van der Waals surface area contributed by atoms with Crippen molar-refractivity contribution in [3.8, 4) is 0 Å². The summed E-state index contributed by atoms with van der Waals surface area (Å²) in [7, 11) is 0. The zero-order valence-corrected chi connectivity index (χ0v) is 12.5. The molecule has 0 atom stereocenters. The molecule has 1 saturated heterocycles. The maximum absolute atomic E-state index is 12.8. The van der Waals surface area contributed by atoms with Crippen LogP contribution in [0.4, 0.5) is 18.0 Å². The van der Waals surface area contributed by atoms with E-state index in [0.29, 0.717) is 11.3 Å². The van der Waals surface area contributed by atoms with Crippen LogP contribution in [0.25, 0.3) is 0 Å². The Morgan fingerprint density at radius 3 is 2.41 bits per heavy atom. The van der Waals surface area contributed by atoms with Gasteiger partial charge < -0.3 is 14.5 Å². The Morgan fingerprint density at radius 1 is 1.27 bits per heavy atom. The van der Waals surface area contributed by atoms with Gasteiger partial charge in [0.15, 0.2) is 5.69 Å². The molecule has 0 saturated carbocycles. The second kappa shape index (κ2) is 6.51. The predicted octanol–water partition coefficient (Wildman–Crippen LogP) is 2.08. The zero-order chi connectivity index (χ0) is 16.3. The van der Waals surface area contributed by atoms with Crippen molar-refractivity contribution >= 4 is 23.3 Å². The van der Waals surface area contributed by atoms with E-state index in [9.17, 15) is 22.8 Å². The molecule has 22 heavy (non-hydrogen) atoms. The molecule has 0 unspecified atom stereocenters. The maximum atomic E-state index is 12.8. The number of thiazole rings is 1. The van der Waals surface area contributed by atoms with E-state index in [4.69, 9.17) is 4.74 Å². The number of hydrogen-bond acceptors (Lipinski definition) is 5. The van der Waals surface area contributed by atoms with E-state index in [-0.39, 0.29) is 32.8 Å². The molecule has 0 aliphatic carbocycles. The van der Waals surface area contributed by atoms with Crippen molar-refractivity contribution in [3.63, 3.8) is 0 Å². The van der Waals surface area contributed by atoms with Crippen LogP contribution in [-0.4, -0.2) is 59.6 Å². The average Bonchev–Trinajstić information content (AvgIpc) is 2.96. The van der Waals surface area contributed by atoms with Crippen molar-refractivity contribution in [2.24, 2.45) is 0 Å². The van der Waals surface area contributed by atoms with Gasteiger partial charge in [0.1, 0.15) is 4.88 Å². The monoisotopic (exact) mass is 337 g/mol. The van der Waals surface area contributed by atoms with Crippen LogP contribution in [0.1, 0.15) is 22.3 Å². The van der Waals surface area contributed by atoms with Gasteiger partial charge in [0, 0.05) is 26.2 Å². The topological polar surface area (TPSA) is 62.7 Å². The lowest BCUT2D eigenvalue weighted by Gasteiger charge is -2.33. The first-order valence-corrected chi connectivity index (χ1v) is 7.44. The number of hydrogen-bond donors (Lipinski definition) is 0. The highest BCUT2D eigenvalue weighted by atomic mass is 32.1. The summed E-state index contributed by atoms with van der Waals surface area (Å²) in [5.41, 5.74) is -0.152. The lowest BCUT2D eigenvalue weighted by Crippen LogP contribution is -2.50. The molecule has 2 rings (SSSR count). The molecule has 1 aromatic heterocycles. The highest BCUT2D eigenvalue weighted by Crippen LogP contribution is 2.33. The number of amides is 2. The van der Waals surface area contributed by atoms with Crippen molar-refractivity contribution in [1.82, 2.24) is 14.8 Å². The molecular formula is C12H14F3N3O3S. The molecule has 6 nitrogen and oxygen atoms in total. The van der Waals surface area contributed by atoms with Gasteiger partial charge >= 0.3 is 12.3 Å². The third kappa shape index (κ3) is 3.49. The summed E-state index contributed by atoms with van der Waals surface area (Å²) >= 11 is 0.666. The number of carbonyl (C=O) groups excluding carboxylic acids is 2. The number of rotatable bonds is 2. The number of alkyl halides is 3. The van der Waals surface area contributed by atoms with Gasteiger partial charge in [-0.3, -0.25) is 4.79 Å². The van der Waals surface area contributed by atoms with Gasteiger partial charge in [-0.05, 0) is 6.92 Å². The van der Waals surface area contributed by atoms with Crippen molar-refractivity contribution in [2.75, 3.05) is 32.8 Å². The molecule has 1 aliphatic rings. The Hall–Kier alpha value is -1.84. The highest BCUT2D eigenvalue weighted by Gasteiger charge is 2.39. The fourth-order valence-corrected chi connectivity index (χ4v) is 2.82. The van der Waals surface area contributed by atoms with Crippen LogP contribution in [0.5, 0.6) is 0 Å². The number of ether oxygens (including phenoxy) is 1. The van der Waals surface area contributed by atoms with Crippen LogP contribution < -0.4 is 0 Å². The van der Waals surface area contributed by atoms with Gasteiger partial charge in [-0.1, -0.05) is 0 Å². The number of nitrogens with zero attached hydrogens (tertiary/aromatic N) is 3. The molecule has 2 heterocycles. The van der Waals surface area contributed by atoms with Crippen LogP contribution in [0.15, 0.2) is 5.51 Å². The van der Waals surface area contributed by atoms with Crippen molar-refractivity contribution in [2.45, 2.75) is 13.1 Å². The average molecular weight is 337 g/mol. The maximum Gasteiger partial charge on any atom is 0.434 e. The molecule has 1 fully saturated rings. The summed E-state index contributed by atoms with van der Waals surface area (Å²) in [6.45, 7) is 2.70. The fraction of sp³-hybridized carbons (Fsp3) is 0.583. The Morgan fingerprint density at radius 2 is 1.86 bits per heavy atom. The number of piperazine rings is 1. The van der Waals surface area contributed by atoms with E-state index in [1.807, 2.05) is 0 Å². The molecule has 0 aromatic carbocycles. The largest absolute Gasteiger partial charge is 0.450 e. The van der Waals surface area contributed by atoms with Crippen LogP contribution in [0, 0.1) is 0 Å². The molecule has 0 bridgehead atoms. The summed E-state index contributed by atoms with van der Waals surface area (Å²) in [5, 5.41) is 0. The highest BCUT2D eigenvalue weighted by molar-refractivity contribution is 7.11. The Kier molecular flexibility index (Phi) is 4.89. The standard InChI is InChI=1S/C12H14F3N3O3S/c1-2-21-11(20)18-5-3-17(4-6-18)10(19)8-9(12(13,14)15)16-7-22-8/h7H,2-6H2,1H3. The number of aromatic nitrogens is 1. The minimum atomic E-state index is -4.66. The second-order valence-electron chi connectivity index (χ2n) is 4.51. The van der Waals surface area contributed by atoms with Crippen molar-refractivity contribution in [3.05, 3.63) is 16.1 Å². The molecule has 122 valence electrons. The van der Waals surface area contributed by atoms with E-state index in [2.05, 4.69) is 4.98 Å². The number of carbonyl (C=O) groups is 2. The minimum Gasteiger partial charge on any atom is -0.450 e. The molecule has 0 radical (unpaired) electrons. The normalized spacial score (nSPS) is 15.8. The molecular weight excluding hydrogens is 323 g/mol. The van der Waals surface area contributed by atoms with E-state index >= 15 is 0 Å². The summed E-state index contributed by atoms with van der Waals surface area (Å²) in [4.78, 5) is 29.2. The molecule has 2 amide bonds. The lowest BCUT2D eigenvalue weighted by molar-refractivity contribution is -0.141. The number of halogens is 3. The molecule has 1 aromatic rings. The van der Waals surface area contributed by atoms with Crippen molar-refractivity contribution < 1.29 is 27.5 Å². The van der Waals surface area contributed by atoms with Crippen LogP contribution >= 0.6 is 11.3 Å². The second-order valence-corrected chi connectivity index (χ2v) is 5.36. The predicted molar refractivity (Wildman–Crippen MR) is 71.6 cm³/mol. The van der Waals surface area contributed by atoms with E-state index in [1.54, 1.807) is 6.92 Å².